The number of benzene rings is 2. The van der Waals surface area contributed by atoms with E-state index in [0.717, 1.165) is 0 Å². The molecule has 0 unspecified atom stereocenters. The molecule has 0 spiro atoms. The van der Waals surface area contributed by atoms with Crippen molar-refractivity contribution in [3.05, 3.63) is 71.3 Å². The highest BCUT2D eigenvalue weighted by Crippen LogP contribution is 2.40. The fourth-order valence-corrected chi connectivity index (χ4v) is 4.01. The van der Waals surface area contributed by atoms with Gasteiger partial charge in [0.05, 0.1) is 50.1 Å². The Morgan fingerprint density at radius 2 is 1.83 bits per heavy atom. The van der Waals surface area contributed by atoms with Crippen LogP contribution in [0, 0.1) is 0 Å². The van der Waals surface area contributed by atoms with Gasteiger partial charge < -0.3 is 30.0 Å². The molecule has 2 heterocycles. The van der Waals surface area contributed by atoms with Crippen LogP contribution in [-0.4, -0.2) is 53.2 Å². The molecule has 2 aromatic heterocycles. The van der Waals surface area contributed by atoms with Crippen molar-refractivity contribution in [3.8, 4) is 28.7 Å². The number of nitrogens with one attached hydrogen (secondary N) is 1. The van der Waals surface area contributed by atoms with Gasteiger partial charge in [-0.2, -0.15) is 5.10 Å². The van der Waals surface area contributed by atoms with Gasteiger partial charge in [0.25, 0.3) is 5.91 Å². The third-order valence-electron chi connectivity index (χ3n) is 5.73. The Labute approximate surface area is 241 Å². The van der Waals surface area contributed by atoms with Crippen LogP contribution in [0.4, 0.5) is 17.3 Å². The Morgan fingerprint density at radius 3 is 2.44 bits per heavy atom. The summed E-state index contributed by atoms with van der Waals surface area (Å²) in [7, 11) is 3.08. The molecule has 0 radical (unpaired) electrons. The van der Waals surface area contributed by atoms with E-state index in [0.29, 0.717) is 52.2 Å². The third kappa shape index (κ3) is 6.39. The van der Waals surface area contributed by atoms with Crippen molar-refractivity contribution < 1.29 is 23.7 Å². The smallest absolute Gasteiger partial charge is 0.280 e. The lowest BCUT2D eigenvalue weighted by Crippen LogP contribution is -2.14. The van der Waals surface area contributed by atoms with Gasteiger partial charge >= 0.3 is 0 Å². The first-order valence-corrected chi connectivity index (χ1v) is 12.7. The number of anilines is 2. The van der Waals surface area contributed by atoms with Crippen molar-refractivity contribution in [2.75, 3.05) is 31.9 Å². The SMILES string of the molecule is C=Nc1cc(OC)c(OC)cc1/C(=C\C)Oc1ccc(NC(=O)c2nn(-c3cnc(N)nc3)cc2OCC)cc1Cl. The first-order valence-electron chi connectivity index (χ1n) is 12.3. The van der Waals surface area contributed by atoms with Gasteiger partial charge in [0.15, 0.2) is 22.9 Å². The molecule has 212 valence electrons. The van der Waals surface area contributed by atoms with Gasteiger partial charge in [-0.3, -0.25) is 9.79 Å². The molecule has 0 aliphatic rings. The van der Waals surface area contributed by atoms with E-state index in [1.807, 2.05) is 6.92 Å². The molecule has 0 fully saturated rings. The Kier molecular flexibility index (Phi) is 9.05. The summed E-state index contributed by atoms with van der Waals surface area (Å²) in [4.78, 5) is 25.2. The molecule has 41 heavy (non-hydrogen) atoms. The zero-order chi connectivity index (χ0) is 29.5. The lowest BCUT2D eigenvalue weighted by molar-refractivity contribution is 0.101. The molecule has 0 saturated heterocycles. The highest BCUT2D eigenvalue weighted by Gasteiger charge is 2.21. The molecule has 4 aromatic rings. The topological polar surface area (TPSA) is 148 Å². The molecule has 13 heteroatoms. The van der Waals surface area contributed by atoms with Crippen molar-refractivity contribution in [2.45, 2.75) is 13.8 Å². The number of hydrogen-bond acceptors (Lipinski definition) is 10. The van der Waals surface area contributed by atoms with E-state index in [4.69, 9.17) is 36.3 Å². The Bertz CT molecular complexity index is 1600. The second-order valence-electron chi connectivity index (χ2n) is 8.26. The summed E-state index contributed by atoms with van der Waals surface area (Å²) < 4.78 is 24.0. The Balaban J connectivity index is 1.56. The average molecular weight is 578 g/mol. The number of halogens is 1. The molecular weight excluding hydrogens is 550 g/mol. The van der Waals surface area contributed by atoms with Crippen LogP contribution in [0.1, 0.15) is 29.9 Å². The molecule has 4 rings (SSSR count). The highest BCUT2D eigenvalue weighted by atomic mass is 35.5. The maximum Gasteiger partial charge on any atom is 0.280 e. The lowest BCUT2D eigenvalue weighted by atomic mass is 10.1. The summed E-state index contributed by atoms with van der Waals surface area (Å²) >= 11 is 6.55. The fourth-order valence-electron chi connectivity index (χ4n) is 3.79. The third-order valence-corrected chi connectivity index (χ3v) is 6.02. The summed E-state index contributed by atoms with van der Waals surface area (Å²) in [6, 6.07) is 8.29. The minimum Gasteiger partial charge on any atom is -0.493 e. The molecule has 1 amide bonds. The molecule has 0 saturated carbocycles. The number of ether oxygens (including phenoxy) is 4. The molecule has 0 aliphatic carbocycles. The van der Waals surface area contributed by atoms with Gasteiger partial charge in [-0.05, 0) is 50.9 Å². The van der Waals surface area contributed by atoms with Gasteiger partial charge in [0, 0.05) is 17.3 Å². The van der Waals surface area contributed by atoms with Crippen LogP contribution in [0.2, 0.25) is 5.02 Å². The number of nitrogen functional groups attached to an aromatic ring is 1. The minimum absolute atomic E-state index is 0.0641. The number of carbonyl (C=O) groups is 1. The second-order valence-corrected chi connectivity index (χ2v) is 8.66. The number of rotatable bonds is 11. The Hall–Kier alpha value is -5.10. The largest absolute Gasteiger partial charge is 0.493 e. The van der Waals surface area contributed by atoms with Crippen molar-refractivity contribution in [3.63, 3.8) is 0 Å². The minimum atomic E-state index is -0.505. The van der Waals surface area contributed by atoms with Crippen molar-refractivity contribution in [1.29, 1.82) is 0 Å². The molecule has 12 nitrogen and oxygen atoms in total. The number of methoxy groups -OCH3 is 2. The molecular formula is C28H28ClN7O5. The van der Waals surface area contributed by atoms with Crippen LogP contribution < -0.4 is 30.0 Å². The predicted octanol–water partition coefficient (Wildman–Crippen LogP) is 5.34. The highest BCUT2D eigenvalue weighted by molar-refractivity contribution is 6.32. The number of nitrogens with two attached hydrogens (primary N) is 1. The maximum absolute atomic E-state index is 13.2. The molecule has 0 aliphatic heterocycles. The zero-order valence-electron chi connectivity index (χ0n) is 22.8. The monoisotopic (exact) mass is 577 g/mol. The number of aliphatic imine (C=N–C) groups is 1. The van der Waals surface area contributed by atoms with Crippen LogP contribution >= 0.6 is 11.6 Å². The lowest BCUT2D eigenvalue weighted by Gasteiger charge is -2.16. The van der Waals surface area contributed by atoms with Crippen molar-refractivity contribution in [2.24, 2.45) is 4.99 Å². The quantitative estimate of drug-likeness (QED) is 0.178. The van der Waals surface area contributed by atoms with E-state index < -0.39 is 5.91 Å². The van der Waals surface area contributed by atoms with E-state index in [2.05, 4.69) is 32.1 Å². The van der Waals surface area contributed by atoms with Gasteiger partial charge in [-0.15, -0.1) is 0 Å². The summed E-state index contributed by atoms with van der Waals surface area (Å²) in [5.41, 5.74) is 7.71. The zero-order valence-corrected chi connectivity index (χ0v) is 23.6. The van der Waals surface area contributed by atoms with Crippen molar-refractivity contribution in [1.82, 2.24) is 19.7 Å². The van der Waals surface area contributed by atoms with Gasteiger partial charge in [-0.1, -0.05) is 11.6 Å². The standard InChI is InChI=1S/C28H28ClN7O5/c1-6-21(18-11-23(38-4)24(39-5)12-20(18)31-3)41-22-9-8-16(10-19(22)29)34-27(37)26-25(40-7-2)15-36(35-26)17-13-32-28(30)33-14-17/h6,8-15H,3,7H2,1-2,4-5H3,(H,34,37)(H2,30,32,33)/b21-6+. The predicted molar refractivity (Wildman–Crippen MR) is 157 cm³/mol. The van der Waals surface area contributed by atoms with E-state index in [1.54, 1.807) is 49.5 Å². The average Bonchev–Trinajstić information content (AvgIpc) is 3.40. The molecule has 3 N–H and O–H groups in total. The number of amides is 1. The molecule has 0 atom stereocenters. The van der Waals surface area contributed by atoms with Gasteiger partial charge in [0.1, 0.15) is 17.2 Å². The van der Waals surface area contributed by atoms with Gasteiger partial charge in [0.2, 0.25) is 5.95 Å². The van der Waals surface area contributed by atoms with E-state index >= 15 is 0 Å². The summed E-state index contributed by atoms with van der Waals surface area (Å²) in [6.07, 6.45) is 6.30. The van der Waals surface area contributed by atoms with E-state index in [9.17, 15) is 4.79 Å². The van der Waals surface area contributed by atoms with E-state index in [1.165, 1.54) is 31.3 Å². The number of aromatic nitrogens is 4. The molecule has 0 bridgehead atoms. The van der Waals surface area contributed by atoms with Crippen LogP contribution in [0.5, 0.6) is 23.0 Å². The van der Waals surface area contributed by atoms with Crippen LogP contribution in [0.25, 0.3) is 11.4 Å². The van der Waals surface area contributed by atoms with Crippen molar-refractivity contribution >= 4 is 47.3 Å². The normalized spacial score (nSPS) is 11.1. The number of allylic oxidation sites excluding steroid dienone is 1. The summed E-state index contributed by atoms with van der Waals surface area (Å²) in [6.45, 7) is 7.59. The first-order chi connectivity index (χ1) is 19.8. The Morgan fingerprint density at radius 1 is 1.12 bits per heavy atom. The molecule has 2 aromatic carbocycles. The fraction of sp³-hybridized carbons (Fsp3) is 0.179. The van der Waals surface area contributed by atoms with E-state index in [-0.39, 0.29) is 22.4 Å². The van der Waals surface area contributed by atoms with Gasteiger partial charge in [-0.25, -0.2) is 14.6 Å². The first kappa shape index (κ1) is 28.9. The second kappa shape index (κ2) is 12.8. The van der Waals surface area contributed by atoms with Crippen LogP contribution in [0.15, 0.2) is 60.0 Å². The number of nitrogens with zero attached hydrogens (tertiary/aromatic N) is 5. The van der Waals surface area contributed by atoms with Crippen LogP contribution in [-0.2, 0) is 0 Å². The number of hydrogen-bond donors (Lipinski definition) is 2. The van der Waals surface area contributed by atoms with Crippen LogP contribution in [0.3, 0.4) is 0 Å². The maximum atomic E-state index is 13.2. The number of carbonyl (C=O) groups excluding carboxylic acids is 1. The summed E-state index contributed by atoms with van der Waals surface area (Å²) in [5.74, 6) is 1.72. The summed E-state index contributed by atoms with van der Waals surface area (Å²) in [5, 5.41) is 7.40.